The van der Waals surface area contributed by atoms with E-state index in [0.29, 0.717) is 13.1 Å². The van der Waals surface area contributed by atoms with Gasteiger partial charge in [-0.25, -0.2) is 9.37 Å². The predicted octanol–water partition coefficient (Wildman–Crippen LogP) is 2.05. The molecule has 0 spiro atoms. The van der Waals surface area contributed by atoms with Crippen molar-refractivity contribution in [2.45, 2.75) is 6.54 Å². The maximum Gasteiger partial charge on any atom is 0.295 e. The van der Waals surface area contributed by atoms with Crippen molar-refractivity contribution in [2.24, 2.45) is 0 Å². The third kappa shape index (κ3) is 3.02. The molecule has 8 heteroatoms. The van der Waals surface area contributed by atoms with Gasteiger partial charge in [-0.15, -0.1) is 0 Å². The molecule has 0 bridgehead atoms. The molecule has 0 aliphatic carbocycles. The lowest BCUT2D eigenvalue weighted by atomic mass is 10.2. The molecule has 1 aromatic carbocycles. The van der Waals surface area contributed by atoms with E-state index in [-0.39, 0.29) is 17.1 Å². The second-order valence-electron chi connectivity index (χ2n) is 3.99. The third-order valence-electron chi connectivity index (χ3n) is 2.71. The first-order chi connectivity index (χ1) is 9.61. The van der Waals surface area contributed by atoms with E-state index in [1.54, 1.807) is 18.7 Å². The number of benzene rings is 1. The quantitative estimate of drug-likeness (QED) is 0.647. The number of imidazole rings is 1. The van der Waals surface area contributed by atoms with Crippen molar-refractivity contribution in [3.63, 3.8) is 0 Å². The Morgan fingerprint density at radius 3 is 2.95 bits per heavy atom. The van der Waals surface area contributed by atoms with Crippen LogP contribution in [0.2, 0.25) is 0 Å². The predicted molar refractivity (Wildman–Crippen MR) is 70.3 cm³/mol. The monoisotopic (exact) mass is 280 g/mol. The Morgan fingerprint density at radius 2 is 2.35 bits per heavy atom. The maximum atomic E-state index is 13.5. The molecule has 1 heterocycles. The molecule has 20 heavy (non-hydrogen) atoms. The number of hydrogen-bond acceptors (Lipinski definition) is 5. The van der Waals surface area contributed by atoms with Gasteiger partial charge < -0.3 is 14.6 Å². The molecular weight excluding hydrogens is 267 g/mol. The average Bonchev–Trinajstić information content (AvgIpc) is 2.93. The maximum absolute atomic E-state index is 13.5. The van der Waals surface area contributed by atoms with Gasteiger partial charge in [-0.3, -0.25) is 10.1 Å². The van der Waals surface area contributed by atoms with Gasteiger partial charge in [0.25, 0.3) is 5.69 Å². The highest BCUT2D eigenvalue weighted by Crippen LogP contribution is 2.31. The van der Waals surface area contributed by atoms with Crippen LogP contribution in [0.5, 0.6) is 5.75 Å². The van der Waals surface area contributed by atoms with Crippen LogP contribution >= 0.6 is 0 Å². The molecule has 0 aliphatic rings. The van der Waals surface area contributed by atoms with Crippen molar-refractivity contribution in [2.75, 3.05) is 19.0 Å². The highest BCUT2D eigenvalue weighted by molar-refractivity contribution is 5.64. The first-order valence-electron chi connectivity index (χ1n) is 5.83. The van der Waals surface area contributed by atoms with Crippen LogP contribution in [0.15, 0.2) is 30.9 Å². The summed E-state index contributed by atoms with van der Waals surface area (Å²) < 4.78 is 20.1. The van der Waals surface area contributed by atoms with Crippen LogP contribution in [0.25, 0.3) is 0 Å². The lowest BCUT2D eigenvalue weighted by molar-refractivity contribution is -0.384. The summed E-state index contributed by atoms with van der Waals surface area (Å²) in [6.45, 7) is 1.02. The largest absolute Gasteiger partial charge is 0.494 e. The van der Waals surface area contributed by atoms with Crippen LogP contribution < -0.4 is 10.1 Å². The number of aromatic nitrogens is 2. The summed E-state index contributed by atoms with van der Waals surface area (Å²) >= 11 is 0. The van der Waals surface area contributed by atoms with E-state index in [2.05, 4.69) is 10.3 Å². The summed E-state index contributed by atoms with van der Waals surface area (Å²) in [6.07, 6.45) is 5.06. The molecule has 7 nitrogen and oxygen atoms in total. The molecule has 1 aromatic heterocycles. The number of hydrogen-bond donors (Lipinski definition) is 1. The Labute approximate surface area is 114 Å². The van der Waals surface area contributed by atoms with Crippen molar-refractivity contribution < 1.29 is 14.1 Å². The zero-order valence-corrected chi connectivity index (χ0v) is 10.7. The number of nitrogens with zero attached hydrogens (tertiary/aromatic N) is 3. The number of nitrogens with one attached hydrogen (secondary N) is 1. The van der Waals surface area contributed by atoms with Crippen molar-refractivity contribution in [1.29, 1.82) is 0 Å². The van der Waals surface area contributed by atoms with Crippen LogP contribution in [-0.4, -0.2) is 28.1 Å². The molecule has 0 radical (unpaired) electrons. The summed E-state index contributed by atoms with van der Waals surface area (Å²) in [5.41, 5.74) is -0.109. The van der Waals surface area contributed by atoms with E-state index in [0.717, 1.165) is 6.07 Å². The van der Waals surface area contributed by atoms with E-state index >= 15 is 0 Å². The highest BCUT2D eigenvalue weighted by Gasteiger charge is 2.18. The summed E-state index contributed by atoms with van der Waals surface area (Å²) in [5, 5.41) is 13.8. The SMILES string of the molecule is COc1cc(NCCn2ccnc2)c([N+](=O)[O-])cc1F. The van der Waals surface area contributed by atoms with Crippen LogP contribution in [0, 0.1) is 15.9 Å². The number of methoxy groups -OCH3 is 1. The van der Waals surface area contributed by atoms with Gasteiger partial charge in [0.2, 0.25) is 0 Å². The zero-order valence-electron chi connectivity index (χ0n) is 10.7. The van der Waals surface area contributed by atoms with Gasteiger partial charge in [0.15, 0.2) is 11.6 Å². The van der Waals surface area contributed by atoms with E-state index in [1.165, 1.54) is 13.2 Å². The standard InChI is InChI=1S/C12H13FN4O3/c1-20-12-7-10(11(17(18)19)6-9(12)13)15-3-5-16-4-2-14-8-16/h2,4,6-8,15H,3,5H2,1H3. The van der Waals surface area contributed by atoms with Gasteiger partial charge in [0, 0.05) is 31.5 Å². The first-order valence-corrected chi connectivity index (χ1v) is 5.83. The fourth-order valence-corrected chi connectivity index (χ4v) is 1.73. The fourth-order valence-electron chi connectivity index (χ4n) is 1.73. The van der Waals surface area contributed by atoms with Crippen molar-refractivity contribution in [3.05, 3.63) is 46.8 Å². The van der Waals surface area contributed by atoms with E-state index in [1.807, 2.05) is 4.57 Å². The Kier molecular flexibility index (Phi) is 4.14. The van der Waals surface area contributed by atoms with Crippen LogP contribution in [-0.2, 0) is 6.54 Å². The zero-order chi connectivity index (χ0) is 14.5. The molecule has 0 saturated carbocycles. The Bertz CT molecular complexity index is 601. The minimum absolute atomic E-state index is 0.0410. The Hall–Kier alpha value is -2.64. The smallest absolute Gasteiger partial charge is 0.295 e. The van der Waals surface area contributed by atoms with Crippen LogP contribution in [0.3, 0.4) is 0 Å². The number of ether oxygens (including phenoxy) is 1. The van der Waals surface area contributed by atoms with Gasteiger partial charge in [-0.2, -0.15) is 0 Å². The second-order valence-corrected chi connectivity index (χ2v) is 3.99. The van der Waals surface area contributed by atoms with Crippen molar-refractivity contribution in [1.82, 2.24) is 9.55 Å². The highest BCUT2D eigenvalue weighted by atomic mass is 19.1. The normalized spacial score (nSPS) is 10.3. The molecule has 0 aliphatic heterocycles. The number of nitro groups is 1. The molecule has 0 fully saturated rings. The van der Waals surface area contributed by atoms with Gasteiger partial charge in [-0.1, -0.05) is 0 Å². The van der Waals surface area contributed by atoms with Crippen LogP contribution in [0.4, 0.5) is 15.8 Å². The van der Waals surface area contributed by atoms with Gasteiger partial charge in [-0.05, 0) is 0 Å². The topological polar surface area (TPSA) is 82.2 Å². The first kappa shape index (κ1) is 13.8. The Morgan fingerprint density at radius 1 is 1.55 bits per heavy atom. The molecule has 0 atom stereocenters. The van der Waals surface area contributed by atoms with E-state index in [4.69, 9.17) is 4.74 Å². The minimum atomic E-state index is -0.764. The van der Waals surface area contributed by atoms with Gasteiger partial charge in [0.1, 0.15) is 5.69 Å². The number of nitro benzene ring substituents is 1. The lowest BCUT2D eigenvalue weighted by Gasteiger charge is -2.10. The van der Waals surface area contributed by atoms with Gasteiger partial charge >= 0.3 is 0 Å². The van der Waals surface area contributed by atoms with Gasteiger partial charge in [0.05, 0.1) is 24.4 Å². The molecule has 2 aromatic rings. The van der Waals surface area contributed by atoms with Crippen LogP contribution in [0.1, 0.15) is 0 Å². The summed E-state index contributed by atoms with van der Waals surface area (Å²) in [6, 6.07) is 2.12. The number of rotatable bonds is 6. The summed E-state index contributed by atoms with van der Waals surface area (Å²) in [7, 11) is 1.31. The average molecular weight is 280 g/mol. The molecule has 2 rings (SSSR count). The molecule has 106 valence electrons. The van der Waals surface area contributed by atoms with E-state index in [9.17, 15) is 14.5 Å². The second kappa shape index (κ2) is 6.00. The molecule has 1 N–H and O–H groups in total. The molecule has 0 saturated heterocycles. The minimum Gasteiger partial charge on any atom is -0.494 e. The lowest BCUT2D eigenvalue weighted by Crippen LogP contribution is -2.11. The number of anilines is 1. The summed E-state index contributed by atoms with van der Waals surface area (Å²) in [4.78, 5) is 14.2. The third-order valence-corrected chi connectivity index (χ3v) is 2.71. The van der Waals surface area contributed by atoms with E-state index < -0.39 is 10.7 Å². The molecule has 0 unspecified atom stereocenters. The Balaban J connectivity index is 2.14. The molecule has 0 amide bonds. The number of halogens is 1. The van der Waals surface area contributed by atoms with Crippen molar-refractivity contribution >= 4 is 11.4 Å². The summed E-state index contributed by atoms with van der Waals surface area (Å²) in [5.74, 6) is -0.805. The fraction of sp³-hybridized carbons (Fsp3) is 0.250. The molecular formula is C12H13FN4O3. The van der Waals surface area contributed by atoms with Crippen molar-refractivity contribution in [3.8, 4) is 5.75 Å².